The Balaban J connectivity index is 3.66. The molecule has 0 aliphatic carbocycles. The van der Waals surface area contributed by atoms with Crippen molar-refractivity contribution in [1.82, 2.24) is 10.6 Å². The van der Waals surface area contributed by atoms with E-state index in [-0.39, 0.29) is 19.0 Å². The Labute approximate surface area is 89.0 Å². The lowest BCUT2D eigenvalue weighted by atomic mass is 10.2. The first-order chi connectivity index (χ1) is 6.85. The smallest absolute Gasteiger partial charge is 0.234 e. The van der Waals surface area contributed by atoms with Crippen molar-refractivity contribution in [3.05, 3.63) is 0 Å². The van der Waals surface area contributed by atoms with Gasteiger partial charge in [-0.1, -0.05) is 0 Å². The second kappa shape index (κ2) is 6.49. The highest BCUT2D eigenvalue weighted by Gasteiger charge is 2.16. The second-order valence-corrected chi connectivity index (χ2v) is 3.93. The van der Waals surface area contributed by atoms with E-state index in [1.807, 2.05) is 0 Å². The van der Waals surface area contributed by atoms with Gasteiger partial charge >= 0.3 is 0 Å². The quantitative estimate of drug-likeness (QED) is 0.392. The highest BCUT2D eigenvalue weighted by molar-refractivity contribution is 5.80. The van der Waals surface area contributed by atoms with Gasteiger partial charge in [-0.25, -0.2) is 0 Å². The molecule has 0 aliphatic heterocycles. The molecule has 0 rings (SSSR count). The van der Waals surface area contributed by atoms with Gasteiger partial charge in [0.1, 0.15) is 6.29 Å². The van der Waals surface area contributed by atoms with E-state index in [0.29, 0.717) is 6.29 Å². The minimum Gasteiger partial charge on any atom is -0.356 e. The lowest BCUT2D eigenvalue weighted by molar-refractivity contribution is -0.182. The summed E-state index contributed by atoms with van der Waals surface area (Å²) in [5, 5.41) is 14.0. The normalized spacial score (nSPS) is 13.3. The van der Waals surface area contributed by atoms with Gasteiger partial charge in [-0.3, -0.25) is 10.1 Å². The van der Waals surface area contributed by atoms with Gasteiger partial charge in [0, 0.05) is 0 Å². The summed E-state index contributed by atoms with van der Waals surface area (Å²) in [6.07, 6.45) is -0.619. The highest BCUT2D eigenvalue weighted by atomic mass is 16.6. The molecular weight excluding hydrogens is 200 g/mol. The lowest BCUT2D eigenvalue weighted by Crippen LogP contribution is -2.43. The van der Waals surface area contributed by atoms with Crippen LogP contribution in [0.15, 0.2) is 0 Å². The fourth-order valence-corrected chi connectivity index (χ4v) is 0.775. The molecule has 15 heavy (non-hydrogen) atoms. The van der Waals surface area contributed by atoms with Gasteiger partial charge in [-0.2, -0.15) is 0 Å². The van der Waals surface area contributed by atoms with Crippen LogP contribution in [0.3, 0.4) is 0 Å². The third-order valence-corrected chi connectivity index (χ3v) is 1.28. The number of rotatable bonds is 6. The molecule has 1 atom stereocenters. The lowest BCUT2D eigenvalue weighted by Gasteiger charge is -2.24. The zero-order chi connectivity index (χ0) is 11.9. The molecule has 1 unspecified atom stereocenters. The summed E-state index contributed by atoms with van der Waals surface area (Å²) in [5.41, 5.74) is -0.494. The summed E-state index contributed by atoms with van der Waals surface area (Å²) in [5.74, 6) is -0.376. The molecule has 0 aromatic rings. The number of aldehydes is 1. The number of ether oxygens (including phenoxy) is 1. The van der Waals surface area contributed by atoms with Crippen molar-refractivity contribution in [3.8, 4) is 0 Å². The Morgan fingerprint density at radius 1 is 1.53 bits per heavy atom. The van der Waals surface area contributed by atoms with Gasteiger partial charge in [0.25, 0.3) is 0 Å². The van der Waals surface area contributed by atoms with E-state index >= 15 is 0 Å². The molecule has 0 aromatic carbocycles. The van der Waals surface area contributed by atoms with Crippen LogP contribution in [0.1, 0.15) is 20.8 Å². The molecule has 0 aliphatic rings. The van der Waals surface area contributed by atoms with Crippen molar-refractivity contribution in [2.45, 2.75) is 32.8 Å². The van der Waals surface area contributed by atoms with Crippen molar-refractivity contribution in [2.75, 3.05) is 13.1 Å². The maximum atomic E-state index is 11.0. The van der Waals surface area contributed by atoms with Crippen molar-refractivity contribution < 1.29 is 19.4 Å². The molecule has 0 spiro atoms. The van der Waals surface area contributed by atoms with Gasteiger partial charge in [0.2, 0.25) is 12.3 Å². The number of hydrogen-bond donors (Lipinski definition) is 3. The molecule has 0 bridgehead atoms. The maximum absolute atomic E-state index is 11.0. The first kappa shape index (κ1) is 14.0. The number of aliphatic hydroxyl groups excluding tert-OH is 1. The molecule has 0 radical (unpaired) electrons. The summed E-state index contributed by atoms with van der Waals surface area (Å²) in [4.78, 5) is 20.9. The number of carbonyl (C=O) groups excluding carboxylic acids is 2. The average molecular weight is 218 g/mol. The number of aliphatic hydroxyl groups is 1. The van der Waals surface area contributed by atoms with E-state index < -0.39 is 12.0 Å². The number of hydrogen-bond acceptors (Lipinski definition) is 5. The molecule has 3 N–H and O–H groups in total. The van der Waals surface area contributed by atoms with Crippen LogP contribution in [0.2, 0.25) is 0 Å². The van der Waals surface area contributed by atoms with Gasteiger partial charge in [0.05, 0.1) is 18.7 Å². The van der Waals surface area contributed by atoms with Crippen molar-refractivity contribution in [1.29, 1.82) is 0 Å². The van der Waals surface area contributed by atoms with Crippen molar-refractivity contribution in [2.24, 2.45) is 0 Å². The highest BCUT2D eigenvalue weighted by Crippen LogP contribution is 2.07. The van der Waals surface area contributed by atoms with Crippen molar-refractivity contribution >= 4 is 12.2 Å². The topological polar surface area (TPSA) is 87.7 Å². The van der Waals surface area contributed by atoms with Gasteiger partial charge in [0.15, 0.2) is 0 Å². The minimum absolute atomic E-state index is 0.0310. The van der Waals surface area contributed by atoms with Crippen molar-refractivity contribution in [3.63, 3.8) is 0 Å². The number of amides is 1. The first-order valence-electron chi connectivity index (χ1n) is 4.65. The average Bonchev–Trinajstić information content (AvgIpc) is 2.08. The van der Waals surface area contributed by atoms with E-state index in [9.17, 15) is 14.7 Å². The molecular formula is C9H18N2O4. The van der Waals surface area contributed by atoms with E-state index in [2.05, 4.69) is 10.6 Å². The molecule has 0 fully saturated rings. The molecule has 6 heteroatoms. The van der Waals surface area contributed by atoms with Crippen LogP contribution in [0.4, 0.5) is 0 Å². The van der Waals surface area contributed by atoms with Gasteiger partial charge in [-0.05, 0) is 20.8 Å². The second-order valence-electron chi connectivity index (χ2n) is 3.93. The molecule has 0 saturated heterocycles. The Morgan fingerprint density at radius 3 is 2.60 bits per heavy atom. The maximum Gasteiger partial charge on any atom is 0.234 e. The van der Waals surface area contributed by atoms with Crippen LogP contribution in [0, 0.1) is 0 Å². The van der Waals surface area contributed by atoms with Crippen LogP contribution >= 0.6 is 0 Å². The summed E-state index contributed by atoms with van der Waals surface area (Å²) in [6.45, 7) is 5.21. The van der Waals surface area contributed by atoms with Gasteiger partial charge in [-0.15, -0.1) is 0 Å². The van der Waals surface area contributed by atoms with E-state index in [1.54, 1.807) is 20.8 Å². The number of carbonyl (C=O) groups is 2. The molecule has 0 saturated carbocycles. The van der Waals surface area contributed by atoms with Crippen LogP contribution in [0.25, 0.3) is 0 Å². The zero-order valence-electron chi connectivity index (χ0n) is 9.24. The number of nitrogens with one attached hydrogen (secondary N) is 2. The van der Waals surface area contributed by atoms with E-state index in [4.69, 9.17) is 4.74 Å². The minimum atomic E-state index is -1.20. The Morgan fingerprint density at radius 2 is 2.13 bits per heavy atom. The fourth-order valence-electron chi connectivity index (χ4n) is 0.775. The molecule has 6 nitrogen and oxygen atoms in total. The Hall–Kier alpha value is -0.980. The van der Waals surface area contributed by atoms with Crippen LogP contribution in [-0.2, 0) is 14.3 Å². The molecule has 0 aromatic heterocycles. The standard InChI is InChI=1S/C9H18N2O4/c1-9(2,3)15-8(14)11-6-7(13)10-4-5-12/h5,8,11,14H,4,6H2,1-3H3,(H,10,13). The molecule has 0 heterocycles. The molecule has 88 valence electrons. The largest absolute Gasteiger partial charge is 0.356 e. The summed E-state index contributed by atoms with van der Waals surface area (Å²) in [7, 11) is 0. The SMILES string of the molecule is CC(C)(C)OC(O)NCC(=O)NCC=O. The Kier molecular flexibility index (Phi) is 6.07. The summed E-state index contributed by atoms with van der Waals surface area (Å²) >= 11 is 0. The third-order valence-electron chi connectivity index (χ3n) is 1.28. The van der Waals surface area contributed by atoms with Crippen LogP contribution in [-0.4, -0.2) is 42.4 Å². The van der Waals surface area contributed by atoms with Crippen LogP contribution < -0.4 is 10.6 Å². The van der Waals surface area contributed by atoms with Crippen LogP contribution in [0.5, 0.6) is 0 Å². The monoisotopic (exact) mass is 218 g/mol. The summed E-state index contributed by atoms with van der Waals surface area (Å²) < 4.78 is 5.09. The predicted molar refractivity (Wildman–Crippen MR) is 53.9 cm³/mol. The predicted octanol–water partition coefficient (Wildman–Crippen LogP) is -1.02. The Bertz CT molecular complexity index is 213. The zero-order valence-corrected chi connectivity index (χ0v) is 9.24. The summed E-state index contributed by atoms with van der Waals surface area (Å²) in [6, 6.07) is 0. The third kappa shape index (κ3) is 9.33. The fraction of sp³-hybridized carbons (Fsp3) is 0.778. The molecule has 1 amide bonds. The van der Waals surface area contributed by atoms with E-state index in [1.165, 1.54) is 0 Å². The van der Waals surface area contributed by atoms with Gasteiger partial charge < -0.3 is 20.0 Å². The first-order valence-corrected chi connectivity index (χ1v) is 4.65. The van der Waals surface area contributed by atoms with E-state index in [0.717, 1.165) is 0 Å².